The lowest BCUT2D eigenvalue weighted by atomic mass is 10.0. The predicted octanol–water partition coefficient (Wildman–Crippen LogP) is 3.44. The van der Waals surface area contributed by atoms with Gasteiger partial charge in [0.1, 0.15) is 42.0 Å². The zero-order valence-electron chi connectivity index (χ0n) is 32.3. The Kier molecular flexibility index (Phi) is 14.1. The number of carbonyl (C=O) groups excluding carboxylic acids is 5. The zero-order chi connectivity index (χ0) is 39.5. The molecular formula is C42H53N5O8. The van der Waals surface area contributed by atoms with E-state index in [9.17, 15) is 24.0 Å². The van der Waals surface area contributed by atoms with Crippen LogP contribution in [0.2, 0.25) is 0 Å². The van der Waals surface area contributed by atoms with Gasteiger partial charge in [0.2, 0.25) is 23.6 Å². The maximum atomic E-state index is 14.2. The molecule has 294 valence electrons. The molecule has 0 saturated heterocycles. The number of nitrogens with zero attached hydrogens (tertiary/aromatic N) is 1. The second kappa shape index (κ2) is 19.1. The molecule has 6 rings (SSSR count). The summed E-state index contributed by atoms with van der Waals surface area (Å²) >= 11 is 0. The van der Waals surface area contributed by atoms with Gasteiger partial charge in [0.25, 0.3) is 5.91 Å². The SMILES string of the molecule is COc1ccc(C[C@@H]2NC(=O)[C@@H](NC(=O)c3ccc(OC)cc3)Cc3ccc(cc3)OC[C@H](CC(C)C)NC(=O)CN(CC3CC3)C(=O)[C@@H](C)NC2=O)cc1. The van der Waals surface area contributed by atoms with Gasteiger partial charge in [0.15, 0.2) is 0 Å². The van der Waals surface area contributed by atoms with Crippen molar-refractivity contribution in [1.29, 1.82) is 0 Å². The van der Waals surface area contributed by atoms with Gasteiger partial charge in [-0.15, -0.1) is 0 Å². The number of hydrogen-bond acceptors (Lipinski definition) is 8. The van der Waals surface area contributed by atoms with Gasteiger partial charge in [0.05, 0.1) is 26.8 Å². The molecule has 5 amide bonds. The van der Waals surface area contributed by atoms with Crippen molar-refractivity contribution in [1.82, 2.24) is 26.2 Å². The Morgan fingerprint density at radius 1 is 0.855 bits per heavy atom. The normalized spacial score (nSPS) is 21.5. The average Bonchev–Trinajstić information content (AvgIpc) is 4.00. The fourth-order valence-electron chi connectivity index (χ4n) is 6.50. The first-order valence-corrected chi connectivity index (χ1v) is 18.9. The maximum Gasteiger partial charge on any atom is 0.251 e. The molecule has 3 aromatic carbocycles. The second-order valence-electron chi connectivity index (χ2n) is 14.8. The summed E-state index contributed by atoms with van der Waals surface area (Å²) in [6.07, 6.45) is 2.76. The minimum Gasteiger partial charge on any atom is -0.497 e. The molecule has 55 heavy (non-hydrogen) atoms. The number of ether oxygens (including phenoxy) is 3. The molecule has 2 aliphatic heterocycles. The quantitative estimate of drug-likeness (QED) is 0.229. The number of methoxy groups -OCH3 is 2. The standard InChI is InChI=1S/C42H53N5O8/c1-26(2)20-32-25-55-35-16-10-29(11-17-35)22-37(45-39(49)31-12-18-34(54-5)19-13-31)41(51)46-36(21-28-8-14-33(53-4)15-9-28)40(50)43-27(3)42(52)47(23-30-6-7-30)24-38(48)44-32/h8-19,26-27,30,32,36-37H,6-7,20-25H2,1-5H3,(H,43,50)(H,44,48)(H,45,49)(H,46,51)/t27-,32+,36+,37+/m1/s1. The van der Waals surface area contributed by atoms with Crippen LogP contribution in [-0.2, 0) is 32.0 Å². The van der Waals surface area contributed by atoms with E-state index in [-0.39, 0.29) is 49.8 Å². The van der Waals surface area contributed by atoms with Crippen LogP contribution in [0.3, 0.4) is 0 Å². The minimum absolute atomic E-state index is 0.0824. The summed E-state index contributed by atoms with van der Waals surface area (Å²) in [5, 5.41) is 11.6. The van der Waals surface area contributed by atoms with E-state index in [0.29, 0.717) is 35.8 Å². The van der Waals surface area contributed by atoms with E-state index in [2.05, 4.69) is 35.1 Å². The number of carbonyl (C=O) groups is 5. The van der Waals surface area contributed by atoms with Crippen molar-refractivity contribution in [3.8, 4) is 17.2 Å². The Balaban J connectivity index is 1.47. The highest BCUT2D eigenvalue weighted by molar-refractivity contribution is 5.99. The van der Waals surface area contributed by atoms with Crippen LogP contribution in [-0.4, -0.2) is 92.5 Å². The first-order valence-electron chi connectivity index (χ1n) is 18.9. The van der Waals surface area contributed by atoms with Crippen molar-refractivity contribution in [2.24, 2.45) is 11.8 Å². The molecular weight excluding hydrogens is 702 g/mol. The molecule has 13 heteroatoms. The molecule has 2 heterocycles. The smallest absolute Gasteiger partial charge is 0.251 e. The van der Waals surface area contributed by atoms with Crippen LogP contribution in [0.4, 0.5) is 0 Å². The van der Waals surface area contributed by atoms with Gasteiger partial charge in [-0.3, -0.25) is 24.0 Å². The monoisotopic (exact) mass is 755 g/mol. The maximum absolute atomic E-state index is 14.2. The van der Waals surface area contributed by atoms with Gasteiger partial charge in [-0.2, -0.15) is 0 Å². The third-order valence-electron chi connectivity index (χ3n) is 9.69. The number of hydrogen-bond donors (Lipinski definition) is 4. The number of nitrogens with one attached hydrogen (secondary N) is 4. The number of fused-ring (bicyclic) bond motifs is 17. The van der Waals surface area contributed by atoms with Gasteiger partial charge in [-0.25, -0.2) is 0 Å². The highest BCUT2D eigenvalue weighted by Crippen LogP contribution is 2.30. The molecule has 3 aromatic rings. The van der Waals surface area contributed by atoms with Gasteiger partial charge in [0, 0.05) is 24.9 Å². The molecule has 4 N–H and O–H groups in total. The summed E-state index contributed by atoms with van der Waals surface area (Å²) in [5.41, 5.74) is 1.78. The third kappa shape index (κ3) is 12.2. The van der Waals surface area contributed by atoms with Gasteiger partial charge in [-0.05, 0) is 97.7 Å². The molecule has 2 bridgehead atoms. The lowest BCUT2D eigenvalue weighted by molar-refractivity contribution is -0.140. The van der Waals surface area contributed by atoms with Gasteiger partial charge in [-0.1, -0.05) is 38.1 Å². The topological polar surface area (TPSA) is 164 Å². The fraction of sp³-hybridized carbons (Fsp3) is 0.452. The Bertz CT molecular complexity index is 1780. The summed E-state index contributed by atoms with van der Waals surface area (Å²) in [5.74, 6) is -0.0469. The summed E-state index contributed by atoms with van der Waals surface area (Å²) in [4.78, 5) is 70.6. The van der Waals surface area contributed by atoms with Crippen LogP contribution in [0, 0.1) is 11.8 Å². The molecule has 13 nitrogen and oxygen atoms in total. The Hall–Kier alpha value is -5.59. The minimum atomic E-state index is -1.13. The van der Waals surface area contributed by atoms with Crippen molar-refractivity contribution in [2.75, 3.05) is 33.9 Å². The third-order valence-corrected chi connectivity index (χ3v) is 9.69. The van der Waals surface area contributed by atoms with Crippen molar-refractivity contribution >= 4 is 29.5 Å². The molecule has 4 atom stereocenters. The number of rotatable bonds is 10. The number of benzene rings is 3. The van der Waals surface area contributed by atoms with E-state index in [1.165, 1.54) is 12.0 Å². The van der Waals surface area contributed by atoms with Gasteiger partial charge >= 0.3 is 0 Å². The van der Waals surface area contributed by atoms with Crippen LogP contribution in [0.25, 0.3) is 0 Å². The van der Waals surface area contributed by atoms with Crippen LogP contribution in [0.5, 0.6) is 17.2 Å². The van der Waals surface area contributed by atoms with Crippen molar-refractivity contribution in [2.45, 2.75) is 77.0 Å². The second-order valence-corrected chi connectivity index (χ2v) is 14.8. The van der Waals surface area contributed by atoms with Crippen molar-refractivity contribution in [3.05, 3.63) is 89.5 Å². The predicted molar refractivity (Wildman–Crippen MR) is 207 cm³/mol. The van der Waals surface area contributed by atoms with E-state index in [4.69, 9.17) is 14.2 Å². The zero-order valence-corrected chi connectivity index (χ0v) is 32.3. The Morgan fingerprint density at radius 2 is 1.49 bits per heavy atom. The summed E-state index contributed by atoms with van der Waals surface area (Å²) in [6.45, 7) is 6.14. The van der Waals surface area contributed by atoms with E-state index in [1.807, 2.05) is 12.1 Å². The Morgan fingerprint density at radius 3 is 2.09 bits per heavy atom. The first kappa shape index (κ1) is 40.6. The van der Waals surface area contributed by atoms with Crippen LogP contribution >= 0.6 is 0 Å². The lowest BCUT2D eigenvalue weighted by Crippen LogP contribution is -2.58. The Labute approximate surface area is 322 Å². The van der Waals surface area contributed by atoms with Crippen LogP contribution in [0.1, 0.15) is 61.5 Å². The average molecular weight is 756 g/mol. The molecule has 1 saturated carbocycles. The molecule has 0 unspecified atom stereocenters. The highest BCUT2D eigenvalue weighted by Gasteiger charge is 2.33. The molecule has 1 aliphatic carbocycles. The molecule has 0 aromatic heterocycles. The fourth-order valence-corrected chi connectivity index (χ4v) is 6.50. The lowest BCUT2D eigenvalue weighted by Gasteiger charge is -2.29. The van der Waals surface area contributed by atoms with Crippen LogP contribution in [0.15, 0.2) is 72.8 Å². The van der Waals surface area contributed by atoms with Crippen molar-refractivity contribution < 1.29 is 38.2 Å². The first-order chi connectivity index (χ1) is 26.4. The van der Waals surface area contributed by atoms with Gasteiger partial charge < -0.3 is 40.4 Å². The molecule has 0 radical (unpaired) electrons. The molecule has 1 fully saturated rings. The molecule has 3 aliphatic rings. The van der Waals surface area contributed by atoms with E-state index >= 15 is 0 Å². The van der Waals surface area contributed by atoms with E-state index < -0.39 is 41.8 Å². The summed E-state index contributed by atoms with van der Waals surface area (Å²) in [7, 11) is 3.08. The highest BCUT2D eigenvalue weighted by atomic mass is 16.5. The van der Waals surface area contributed by atoms with E-state index in [1.54, 1.807) is 74.7 Å². The largest absolute Gasteiger partial charge is 0.497 e. The number of amides is 5. The summed E-state index contributed by atoms with van der Waals surface area (Å²) < 4.78 is 16.6. The van der Waals surface area contributed by atoms with Crippen molar-refractivity contribution in [3.63, 3.8) is 0 Å². The van der Waals surface area contributed by atoms with E-state index in [0.717, 1.165) is 24.0 Å². The van der Waals surface area contributed by atoms with Crippen LogP contribution < -0.4 is 35.5 Å². The summed E-state index contributed by atoms with van der Waals surface area (Å²) in [6, 6.07) is 17.3. The molecule has 0 spiro atoms.